The van der Waals surface area contributed by atoms with Gasteiger partial charge >= 0.3 is 0 Å². The van der Waals surface area contributed by atoms with E-state index in [4.69, 9.17) is 15.2 Å². The zero-order valence-electron chi connectivity index (χ0n) is 11.7. The quantitative estimate of drug-likeness (QED) is 0.863. The minimum atomic E-state index is -0.373. The van der Waals surface area contributed by atoms with Gasteiger partial charge < -0.3 is 15.2 Å². The van der Waals surface area contributed by atoms with Crippen LogP contribution in [-0.4, -0.2) is 25.9 Å². The van der Waals surface area contributed by atoms with Gasteiger partial charge in [-0.1, -0.05) is 11.8 Å². The SMILES string of the molecule is COC1CCCC(Oc2ccc(C#CCN)c(F)c2)C1. The summed E-state index contributed by atoms with van der Waals surface area (Å²) >= 11 is 0. The Morgan fingerprint density at radius 1 is 1.35 bits per heavy atom. The number of nitrogens with two attached hydrogens (primary N) is 1. The Bertz CT molecular complexity index is 507. The molecule has 1 aromatic rings. The molecule has 0 aromatic heterocycles. The molecule has 1 aromatic carbocycles. The molecule has 0 aliphatic heterocycles. The van der Waals surface area contributed by atoms with Crippen molar-refractivity contribution in [2.24, 2.45) is 5.73 Å². The lowest BCUT2D eigenvalue weighted by atomic mass is 9.95. The van der Waals surface area contributed by atoms with Crippen molar-refractivity contribution in [2.45, 2.75) is 37.9 Å². The molecule has 2 rings (SSSR count). The fourth-order valence-corrected chi connectivity index (χ4v) is 2.43. The number of methoxy groups -OCH3 is 1. The second-order valence-electron chi connectivity index (χ2n) is 4.91. The second kappa shape index (κ2) is 7.28. The van der Waals surface area contributed by atoms with Crippen molar-refractivity contribution in [1.29, 1.82) is 0 Å². The van der Waals surface area contributed by atoms with Crippen LogP contribution in [0.5, 0.6) is 5.75 Å². The largest absolute Gasteiger partial charge is 0.490 e. The van der Waals surface area contributed by atoms with E-state index in [0.717, 1.165) is 25.7 Å². The van der Waals surface area contributed by atoms with E-state index in [9.17, 15) is 4.39 Å². The molecule has 0 amide bonds. The molecule has 0 radical (unpaired) electrons. The van der Waals surface area contributed by atoms with Crippen molar-refractivity contribution >= 4 is 0 Å². The van der Waals surface area contributed by atoms with Crippen LogP contribution in [0.1, 0.15) is 31.2 Å². The zero-order valence-corrected chi connectivity index (χ0v) is 11.7. The van der Waals surface area contributed by atoms with E-state index in [2.05, 4.69) is 11.8 Å². The molecule has 0 saturated heterocycles. The van der Waals surface area contributed by atoms with Crippen LogP contribution in [-0.2, 0) is 4.74 Å². The average molecular weight is 277 g/mol. The molecule has 0 heterocycles. The van der Waals surface area contributed by atoms with Crippen molar-refractivity contribution < 1.29 is 13.9 Å². The summed E-state index contributed by atoms with van der Waals surface area (Å²) in [6, 6.07) is 4.76. The minimum Gasteiger partial charge on any atom is -0.490 e. The summed E-state index contributed by atoms with van der Waals surface area (Å²) in [7, 11) is 1.72. The van der Waals surface area contributed by atoms with Gasteiger partial charge in [0.2, 0.25) is 0 Å². The fourth-order valence-electron chi connectivity index (χ4n) is 2.43. The van der Waals surface area contributed by atoms with Gasteiger partial charge in [0.15, 0.2) is 0 Å². The first-order chi connectivity index (χ1) is 9.72. The van der Waals surface area contributed by atoms with E-state index in [1.807, 2.05) is 0 Å². The Kier molecular flexibility index (Phi) is 5.40. The first-order valence-electron chi connectivity index (χ1n) is 6.91. The minimum absolute atomic E-state index is 0.0917. The van der Waals surface area contributed by atoms with E-state index in [1.54, 1.807) is 19.2 Å². The van der Waals surface area contributed by atoms with Gasteiger partial charge in [0, 0.05) is 19.6 Å². The molecule has 1 aliphatic carbocycles. The van der Waals surface area contributed by atoms with Crippen LogP contribution in [0.3, 0.4) is 0 Å². The van der Waals surface area contributed by atoms with Crippen molar-refractivity contribution in [3.8, 4) is 17.6 Å². The molecule has 1 saturated carbocycles. The van der Waals surface area contributed by atoms with Gasteiger partial charge in [0.05, 0.1) is 18.2 Å². The van der Waals surface area contributed by atoms with Crippen molar-refractivity contribution in [3.05, 3.63) is 29.6 Å². The molecule has 2 atom stereocenters. The predicted octanol–water partition coefficient (Wildman–Crippen LogP) is 2.47. The normalized spacial score (nSPS) is 21.9. The number of hydrogen-bond acceptors (Lipinski definition) is 3. The molecular formula is C16H20FNO2. The summed E-state index contributed by atoms with van der Waals surface area (Å²) in [6.07, 6.45) is 4.31. The van der Waals surface area contributed by atoms with Gasteiger partial charge in [-0.2, -0.15) is 0 Å². The monoisotopic (exact) mass is 277 g/mol. The summed E-state index contributed by atoms with van der Waals surface area (Å²) in [6.45, 7) is 0.220. The Hall–Kier alpha value is -1.57. The Labute approximate surface area is 119 Å². The maximum atomic E-state index is 13.8. The summed E-state index contributed by atoms with van der Waals surface area (Å²) in [5.74, 6) is 5.51. The summed E-state index contributed by atoms with van der Waals surface area (Å²) in [5, 5.41) is 0. The average Bonchev–Trinajstić information content (AvgIpc) is 2.47. The smallest absolute Gasteiger partial charge is 0.142 e. The lowest BCUT2D eigenvalue weighted by Crippen LogP contribution is -2.29. The number of halogens is 1. The van der Waals surface area contributed by atoms with E-state index in [1.165, 1.54) is 6.07 Å². The highest BCUT2D eigenvalue weighted by Gasteiger charge is 2.23. The Balaban J connectivity index is 2.01. The fraction of sp³-hybridized carbons (Fsp3) is 0.500. The molecule has 2 unspecified atom stereocenters. The van der Waals surface area contributed by atoms with Crippen molar-refractivity contribution in [3.63, 3.8) is 0 Å². The molecule has 1 aliphatic rings. The van der Waals surface area contributed by atoms with Crippen LogP contribution < -0.4 is 10.5 Å². The molecule has 0 bridgehead atoms. The molecular weight excluding hydrogens is 257 g/mol. The lowest BCUT2D eigenvalue weighted by Gasteiger charge is -2.28. The first kappa shape index (κ1) is 14.8. The Morgan fingerprint density at radius 3 is 2.85 bits per heavy atom. The van der Waals surface area contributed by atoms with Gasteiger partial charge in [-0.05, 0) is 31.4 Å². The van der Waals surface area contributed by atoms with E-state index in [0.29, 0.717) is 11.3 Å². The third kappa shape index (κ3) is 3.96. The van der Waals surface area contributed by atoms with Crippen molar-refractivity contribution in [1.82, 2.24) is 0 Å². The van der Waals surface area contributed by atoms with Gasteiger partial charge in [0.1, 0.15) is 17.7 Å². The highest BCUT2D eigenvalue weighted by molar-refractivity contribution is 5.39. The summed E-state index contributed by atoms with van der Waals surface area (Å²) in [4.78, 5) is 0. The van der Waals surface area contributed by atoms with Crippen LogP contribution in [0.25, 0.3) is 0 Å². The topological polar surface area (TPSA) is 44.5 Å². The number of benzene rings is 1. The molecule has 20 heavy (non-hydrogen) atoms. The van der Waals surface area contributed by atoms with Crippen molar-refractivity contribution in [2.75, 3.05) is 13.7 Å². The van der Waals surface area contributed by atoms with Crippen LogP contribution >= 0.6 is 0 Å². The molecule has 3 nitrogen and oxygen atoms in total. The van der Waals surface area contributed by atoms with E-state index in [-0.39, 0.29) is 24.6 Å². The third-order valence-electron chi connectivity index (χ3n) is 3.48. The van der Waals surface area contributed by atoms with Crippen LogP contribution in [0.15, 0.2) is 18.2 Å². The Morgan fingerprint density at radius 2 is 2.15 bits per heavy atom. The van der Waals surface area contributed by atoms with E-state index < -0.39 is 0 Å². The van der Waals surface area contributed by atoms with Gasteiger partial charge in [-0.3, -0.25) is 0 Å². The van der Waals surface area contributed by atoms with Gasteiger partial charge in [0.25, 0.3) is 0 Å². The molecule has 0 spiro atoms. The van der Waals surface area contributed by atoms with E-state index >= 15 is 0 Å². The number of ether oxygens (including phenoxy) is 2. The molecule has 108 valence electrons. The van der Waals surface area contributed by atoms with Crippen LogP contribution in [0.2, 0.25) is 0 Å². The summed E-state index contributed by atoms with van der Waals surface area (Å²) in [5.41, 5.74) is 5.62. The highest BCUT2D eigenvalue weighted by Crippen LogP contribution is 2.26. The highest BCUT2D eigenvalue weighted by atomic mass is 19.1. The van der Waals surface area contributed by atoms with Crippen LogP contribution in [0, 0.1) is 17.7 Å². The van der Waals surface area contributed by atoms with Crippen LogP contribution in [0.4, 0.5) is 4.39 Å². The second-order valence-corrected chi connectivity index (χ2v) is 4.91. The third-order valence-corrected chi connectivity index (χ3v) is 3.48. The summed E-state index contributed by atoms with van der Waals surface area (Å²) < 4.78 is 25.0. The lowest BCUT2D eigenvalue weighted by molar-refractivity contribution is 0.0209. The predicted molar refractivity (Wildman–Crippen MR) is 76.0 cm³/mol. The first-order valence-corrected chi connectivity index (χ1v) is 6.91. The molecule has 4 heteroatoms. The number of hydrogen-bond donors (Lipinski definition) is 1. The molecule has 2 N–H and O–H groups in total. The van der Waals surface area contributed by atoms with Gasteiger partial charge in [-0.25, -0.2) is 4.39 Å². The standard InChI is InChI=1S/C16H20FNO2/c1-19-13-5-2-6-14(10-13)20-15-8-7-12(4-3-9-18)16(17)11-15/h7-8,11,13-14H,2,5-6,9-10,18H2,1H3. The zero-order chi connectivity index (χ0) is 14.4. The maximum Gasteiger partial charge on any atom is 0.142 e. The van der Waals surface area contributed by atoms with Gasteiger partial charge in [-0.15, -0.1) is 0 Å². The maximum absolute atomic E-state index is 13.8. The number of rotatable bonds is 3. The molecule has 1 fully saturated rings.